The molecule has 2 unspecified atom stereocenters. The number of benzene rings is 2. The Kier molecular flexibility index (Phi) is 4.78. The summed E-state index contributed by atoms with van der Waals surface area (Å²) in [4.78, 5) is 6.87. The fourth-order valence-electron chi connectivity index (χ4n) is 5.10. The maximum absolute atomic E-state index is 13.4. The summed E-state index contributed by atoms with van der Waals surface area (Å²) >= 11 is 0. The topological polar surface area (TPSA) is 71.1 Å². The molecule has 1 saturated heterocycles. The van der Waals surface area contributed by atoms with Crippen LogP contribution in [0.5, 0.6) is 0 Å². The van der Waals surface area contributed by atoms with Gasteiger partial charge in [-0.05, 0) is 54.6 Å². The van der Waals surface area contributed by atoms with Gasteiger partial charge in [0.2, 0.25) is 0 Å². The van der Waals surface area contributed by atoms with Crippen LogP contribution in [0.1, 0.15) is 5.56 Å². The number of nitrogens with zero attached hydrogens (tertiary/aromatic N) is 5. The van der Waals surface area contributed by atoms with Crippen molar-refractivity contribution >= 4 is 5.69 Å². The molecule has 2 aliphatic heterocycles. The van der Waals surface area contributed by atoms with Gasteiger partial charge < -0.3 is 19.9 Å². The summed E-state index contributed by atoms with van der Waals surface area (Å²) in [5, 5.41) is 17.6. The molecule has 2 aliphatic rings. The minimum Gasteiger partial charge on any atom is -0.396 e. The smallest absolute Gasteiger partial charge is 0.179 e. The van der Waals surface area contributed by atoms with Gasteiger partial charge in [0.25, 0.3) is 0 Å². The SMILES string of the molecule is CNC1CN(c2ccc3c(c2)Cn2cc(-c4ccc(F)cc4)cc2-c2ncnn2-3)CC1CO. The molecule has 2 aromatic heterocycles. The molecular formula is C25H25FN6O. The first-order valence-corrected chi connectivity index (χ1v) is 11.2. The number of hydrogen-bond acceptors (Lipinski definition) is 5. The Morgan fingerprint density at radius 2 is 1.94 bits per heavy atom. The van der Waals surface area contributed by atoms with Crippen LogP contribution in [0.15, 0.2) is 61.1 Å². The lowest BCUT2D eigenvalue weighted by Crippen LogP contribution is -2.34. The highest BCUT2D eigenvalue weighted by molar-refractivity contribution is 5.71. The van der Waals surface area contributed by atoms with Gasteiger partial charge in [0.1, 0.15) is 12.1 Å². The molecule has 6 rings (SSSR count). The molecule has 0 saturated carbocycles. The average molecular weight is 445 g/mol. The highest BCUT2D eigenvalue weighted by atomic mass is 19.1. The van der Waals surface area contributed by atoms with Crippen molar-refractivity contribution in [3.8, 4) is 28.3 Å². The van der Waals surface area contributed by atoms with E-state index in [1.54, 1.807) is 18.5 Å². The van der Waals surface area contributed by atoms with Crippen molar-refractivity contribution in [2.75, 3.05) is 31.6 Å². The number of aromatic nitrogens is 4. The molecule has 2 aromatic carbocycles. The summed E-state index contributed by atoms with van der Waals surface area (Å²) in [7, 11) is 1.95. The molecule has 4 aromatic rings. The molecule has 0 spiro atoms. The van der Waals surface area contributed by atoms with Crippen LogP contribution in [0.3, 0.4) is 0 Å². The molecule has 1 fully saturated rings. The second kappa shape index (κ2) is 7.83. The monoisotopic (exact) mass is 444 g/mol. The van der Waals surface area contributed by atoms with Crippen molar-refractivity contribution in [2.45, 2.75) is 12.6 Å². The number of hydrogen-bond donors (Lipinski definition) is 2. The molecule has 0 radical (unpaired) electrons. The van der Waals surface area contributed by atoms with Gasteiger partial charge in [-0.1, -0.05) is 12.1 Å². The summed E-state index contributed by atoms with van der Waals surface area (Å²) in [6.07, 6.45) is 3.68. The fraction of sp³-hybridized carbons (Fsp3) is 0.280. The van der Waals surface area contributed by atoms with Gasteiger partial charge in [-0.25, -0.2) is 14.1 Å². The Hall–Kier alpha value is -3.49. The Morgan fingerprint density at radius 3 is 2.70 bits per heavy atom. The highest BCUT2D eigenvalue weighted by Gasteiger charge is 2.32. The first kappa shape index (κ1) is 20.1. The number of anilines is 1. The second-order valence-electron chi connectivity index (χ2n) is 8.80. The quantitative estimate of drug-likeness (QED) is 0.446. The summed E-state index contributed by atoms with van der Waals surface area (Å²) < 4.78 is 17.5. The highest BCUT2D eigenvalue weighted by Crippen LogP contribution is 2.35. The Balaban J connectivity index is 1.40. The number of aliphatic hydroxyl groups excluding tert-OH is 1. The van der Waals surface area contributed by atoms with E-state index < -0.39 is 0 Å². The van der Waals surface area contributed by atoms with E-state index in [1.807, 2.05) is 11.7 Å². The summed E-state index contributed by atoms with van der Waals surface area (Å²) in [5.74, 6) is 0.753. The first-order valence-electron chi connectivity index (χ1n) is 11.2. The van der Waals surface area contributed by atoms with Gasteiger partial charge in [-0.3, -0.25) is 0 Å². The Morgan fingerprint density at radius 1 is 1.09 bits per heavy atom. The molecule has 0 amide bonds. The largest absolute Gasteiger partial charge is 0.396 e. The number of halogens is 1. The van der Waals surface area contributed by atoms with Crippen molar-refractivity contribution < 1.29 is 9.50 Å². The number of rotatable bonds is 4. The lowest BCUT2D eigenvalue weighted by atomic mass is 10.1. The van der Waals surface area contributed by atoms with E-state index in [1.165, 1.54) is 12.1 Å². The Labute approximate surface area is 191 Å². The minimum atomic E-state index is -0.244. The number of fused-ring (bicyclic) bond motifs is 5. The van der Waals surface area contributed by atoms with Crippen LogP contribution in [-0.2, 0) is 6.54 Å². The van der Waals surface area contributed by atoms with Crippen LogP contribution < -0.4 is 10.2 Å². The van der Waals surface area contributed by atoms with E-state index in [-0.39, 0.29) is 24.4 Å². The number of likely N-dealkylation sites (N-methyl/N-ethyl adjacent to an activating group) is 1. The van der Waals surface area contributed by atoms with Gasteiger partial charge in [0, 0.05) is 55.6 Å². The molecule has 2 atom stereocenters. The van der Waals surface area contributed by atoms with Crippen LogP contribution in [0, 0.1) is 11.7 Å². The third-order valence-corrected chi connectivity index (χ3v) is 6.89. The lowest BCUT2D eigenvalue weighted by Gasteiger charge is -2.20. The molecule has 0 bridgehead atoms. The van der Waals surface area contributed by atoms with E-state index in [4.69, 9.17) is 0 Å². The van der Waals surface area contributed by atoms with E-state index in [0.29, 0.717) is 6.54 Å². The third-order valence-electron chi connectivity index (χ3n) is 6.89. The van der Waals surface area contributed by atoms with Crippen LogP contribution in [0.4, 0.5) is 10.1 Å². The summed E-state index contributed by atoms with van der Waals surface area (Å²) in [5.41, 5.74) is 6.25. The molecular weight excluding hydrogens is 419 g/mol. The zero-order valence-electron chi connectivity index (χ0n) is 18.3. The molecule has 8 heteroatoms. The van der Waals surface area contributed by atoms with Gasteiger partial charge >= 0.3 is 0 Å². The predicted octanol–water partition coefficient (Wildman–Crippen LogP) is 2.92. The maximum Gasteiger partial charge on any atom is 0.179 e. The standard InChI is InChI=1S/C25H25FN6O/c1-27-22-13-30(12-19(22)14-33)21-6-7-23-18(8-21)11-31-10-17(16-2-4-20(26)5-3-16)9-24(31)25-28-15-29-32(23)25/h2-10,15,19,22,27,33H,11-14H2,1H3. The summed E-state index contributed by atoms with van der Waals surface area (Å²) in [6, 6.07) is 15.4. The maximum atomic E-state index is 13.4. The van der Waals surface area contributed by atoms with Crippen LogP contribution in [-0.4, -0.2) is 57.2 Å². The van der Waals surface area contributed by atoms with Crippen LogP contribution in [0.2, 0.25) is 0 Å². The van der Waals surface area contributed by atoms with Crippen molar-refractivity contribution in [3.05, 3.63) is 72.4 Å². The van der Waals surface area contributed by atoms with Gasteiger partial charge in [-0.15, -0.1) is 0 Å². The zero-order chi connectivity index (χ0) is 22.5. The molecule has 2 N–H and O–H groups in total. The zero-order valence-corrected chi connectivity index (χ0v) is 18.3. The van der Waals surface area contributed by atoms with E-state index >= 15 is 0 Å². The van der Waals surface area contributed by atoms with Gasteiger partial charge in [0.15, 0.2) is 5.82 Å². The van der Waals surface area contributed by atoms with E-state index in [0.717, 1.165) is 52.7 Å². The van der Waals surface area contributed by atoms with Crippen molar-refractivity contribution in [1.82, 2.24) is 24.6 Å². The van der Waals surface area contributed by atoms with Crippen LogP contribution >= 0.6 is 0 Å². The molecule has 33 heavy (non-hydrogen) atoms. The van der Waals surface area contributed by atoms with E-state index in [2.05, 4.69) is 55.3 Å². The van der Waals surface area contributed by atoms with Crippen molar-refractivity contribution in [3.63, 3.8) is 0 Å². The molecule has 7 nitrogen and oxygen atoms in total. The molecule has 168 valence electrons. The third kappa shape index (κ3) is 3.34. The molecule has 0 aliphatic carbocycles. The number of aliphatic hydroxyl groups is 1. The van der Waals surface area contributed by atoms with Crippen LogP contribution in [0.25, 0.3) is 28.3 Å². The predicted molar refractivity (Wildman–Crippen MR) is 125 cm³/mol. The minimum absolute atomic E-state index is 0.175. The lowest BCUT2D eigenvalue weighted by molar-refractivity contribution is 0.219. The fourth-order valence-corrected chi connectivity index (χ4v) is 5.10. The second-order valence-corrected chi connectivity index (χ2v) is 8.80. The van der Waals surface area contributed by atoms with Crippen molar-refractivity contribution in [1.29, 1.82) is 0 Å². The van der Waals surface area contributed by atoms with Gasteiger partial charge in [0.05, 0.1) is 11.4 Å². The molecule has 4 heterocycles. The van der Waals surface area contributed by atoms with E-state index in [9.17, 15) is 9.50 Å². The van der Waals surface area contributed by atoms with Gasteiger partial charge in [-0.2, -0.15) is 5.10 Å². The normalized spacial score (nSPS) is 19.2. The number of nitrogens with one attached hydrogen (secondary N) is 1. The summed E-state index contributed by atoms with van der Waals surface area (Å²) in [6.45, 7) is 2.53. The Bertz CT molecular complexity index is 1300. The average Bonchev–Trinajstić information content (AvgIpc) is 3.56. The van der Waals surface area contributed by atoms with Crippen molar-refractivity contribution in [2.24, 2.45) is 5.92 Å². The first-order chi connectivity index (χ1) is 16.1.